The first-order valence-corrected chi connectivity index (χ1v) is 23.1. The number of ether oxygens (including phenoxy) is 5. The zero-order chi connectivity index (χ0) is 47.2. The number of ketones is 3. The molecule has 8 aliphatic rings. The molecule has 7 saturated carbocycles. The lowest BCUT2D eigenvalue weighted by atomic mass is 9.37. The molecule has 0 aromatic carbocycles. The van der Waals surface area contributed by atoms with E-state index in [1.165, 1.54) is 27.7 Å². The number of aliphatic hydroxyl groups excluding tert-OH is 3. The van der Waals surface area contributed by atoms with Crippen LogP contribution in [-0.4, -0.2) is 111 Å². The number of carbonyl (C=O) groups excluding carboxylic acids is 8. The van der Waals surface area contributed by atoms with Gasteiger partial charge in [0.25, 0.3) is 0 Å². The third-order valence-electron chi connectivity index (χ3n) is 18.7. The number of carbonyl (C=O) groups is 8. The Kier molecular flexibility index (Phi) is 10.9. The van der Waals surface area contributed by atoms with Crippen LogP contribution in [0.25, 0.3) is 0 Å². The minimum atomic E-state index is -2.01. The summed E-state index contributed by atoms with van der Waals surface area (Å²) in [5.41, 5.74) is -10.2. The van der Waals surface area contributed by atoms with Crippen molar-refractivity contribution >= 4 is 47.2 Å². The monoisotopic (exact) mass is 898 g/mol. The fraction of sp³-hybridized carbons (Fsp3) is 0.833. The fourth-order valence-corrected chi connectivity index (χ4v) is 17.1. The summed E-state index contributed by atoms with van der Waals surface area (Å²) in [5.74, 6) is -10.1. The Bertz CT molecular complexity index is 2080. The number of Topliss-reactive ketones (excluding diaryl/α,β-unsaturated/α-hetero) is 3. The molecule has 7 aliphatic carbocycles. The molecular formula is C48H66O16. The molecule has 8 fully saturated rings. The fourth-order valence-electron chi connectivity index (χ4n) is 17.1. The molecule has 1 heterocycles. The van der Waals surface area contributed by atoms with Crippen LogP contribution in [0, 0.1) is 68.0 Å². The third kappa shape index (κ3) is 6.21. The van der Waals surface area contributed by atoms with Crippen molar-refractivity contribution in [2.45, 2.75) is 182 Å². The molecule has 1 saturated heterocycles. The van der Waals surface area contributed by atoms with Gasteiger partial charge in [-0.15, -0.1) is 0 Å². The largest absolute Gasteiger partial charge is 0.462 e. The lowest BCUT2D eigenvalue weighted by molar-refractivity contribution is -0.289. The first-order valence-electron chi connectivity index (χ1n) is 23.1. The van der Waals surface area contributed by atoms with Crippen LogP contribution in [0.3, 0.4) is 0 Å². The van der Waals surface area contributed by atoms with Gasteiger partial charge in [0, 0.05) is 122 Å². The van der Waals surface area contributed by atoms with E-state index in [-0.39, 0.29) is 75.8 Å². The van der Waals surface area contributed by atoms with E-state index < -0.39 is 152 Å². The molecule has 0 radical (unpaired) electrons. The van der Waals surface area contributed by atoms with Crippen molar-refractivity contribution in [2.24, 2.45) is 68.0 Å². The van der Waals surface area contributed by atoms with Gasteiger partial charge in [-0.05, 0) is 32.1 Å². The van der Waals surface area contributed by atoms with Crippen LogP contribution in [0.2, 0.25) is 0 Å². The van der Waals surface area contributed by atoms with Crippen molar-refractivity contribution < 1.29 is 77.4 Å². The minimum Gasteiger partial charge on any atom is -0.462 e. The number of aliphatic hydroxyl groups is 3. The SMILES string of the molecule is CC(=O)O[C@H]1C[C@@H]2C[C@@]3(CC(=O)[C@@H]4C(C)(C)[C@@H](OC(C)=O)C[C@H](O)[C@@]4(C)[C@H]13)C(=O)[C@]21CCC(=O)[C@H]2C[C@H](OC(C)=O)[C@@H]3[C@@](C2)(C[C@H](O)[C@@H]2C(C)(C)[C@@H](OC(C)=O)C[C@H](O)[C@]23C)C(=O)O1. The Labute approximate surface area is 373 Å². The lowest BCUT2D eigenvalue weighted by Gasteiger charge is -2.68. The molecule has 18 atom stereocenters. The van der Waals surface area contributed by atoms with E-state index in [1.54, 1.807) is 27.7 Å². The molecule has 0 amide bonds. The maximum Gasteiger partial charge on any atom is 0.313 e. The molecule has 16 heteroatoms. The second-order valence-corrected chi connectivity index (χ2v) is 22.8. The first-order chi connectivity index (χ1) is 29.5. The summed E-state index contributed by atoms with van der Waals surface area (Å²) in [5, 5.41) is 37.1. The molecule has 1 aliphatic heterocycles. The standard InChI is InChI=1S/C48H66O16/c1-21(49)60-30-13-25-17-47(20-29(55)37-43(7,8)35(63-24(4)52)16-33(57)45(37,10)39(30)47)41(59)64-48(12-11-27(25)53)26-14-31(61-22(2)50)38-44(9)32(56)15-34(62-23(3)51)42(5,6)36(44)28(54)19-46(38,18-26)40(48)58/h25-26,29-39,55-57H,11-20H2,1-10H3/t25-,26+,29-,30-,31-,32-,33-,34-,35-,36+,37+,38-,39-,44+,45+,46-,47+,48-/m0/s1. The van der Waals surface area contributed by atoms with Crippen LogP contribution in [0.5, 0.6) is 0 Å². The van der Waals surface area contributed by atoms with E-state index in [9.17, 15) is 44.1 Å². The normalized spacial score (nSPS) is 48.7. The molecule has 3 N–H and O–H groups in total. The molecule has 0 aromatic rings. The average molecular weight is 899 g/mol. The van der Waals surface area contributed by atoms with Crippen LogP contribution in [0.1, 0.15) is 133 Å². The average Bonchev–Trinajstić information content (AvgIpc) is 3.32. The van der Waals surface area contributed by atoms with Crippen molar-refractivity contribution in [2.75, 3.05) is 0 Å². The summed E-state index contributed by atoms with van der Waals surface area (Å²) in [4.78, 5) is 112. The highest BCUT2D eigenvalue weighted by Gasteiger charge is 2.81. The van der Waals surface area contributed by atoms with Gasteiger partial charge < -0.3 is 39.0 Å². The molecular weight excluding hydrogens is 833 g/mol. The van der Waals surface area contributed by atoms with Crippen LogP contribution in [0.15, 0.2) is 0 Å². The topological polar surface area (TPSA) is 243 Å². The van der Waals surface area contributed by atoms with Gasteiger partial charge in [0.1, 0.15) is 36.0 Å². The van der Waals surface area contributed by atoms with E-state index in [0.29, 0.717) is 0 Å². The predicted molar refractivity (Wildman–Crippen MR) is 220 cm³/mol. The highest BCUT2D eigenvalue weighted by atomic mass is 16.6. The van der Waals surface area contributed by atoms with Gasteiger partial charge in [-0.2, -0.15) is 0 Å². The zero-order valence-electron chi connectivity index (χ0n) is 38.7. The lowest BCUT2D eigenvalue weighted by Crippen LogP contribution is -2.73. The second-order valence-electron chi connectivity index (χ2n) is 22.8. The third-order valence-corrected chi connectivity index (χ3v) is 18.7. The Morgan fingerprint density at radius 2 is 1.11 bits per heavy atom. The number of hydrogen-bond acceptors (Lipinski definition) is 16. The van der Waals surface area contributed by atoms with E-state index in [0.717, 1.165) is 0 Å². The summed E-state index contributed by atoms with van der Waals surface area (Å²) in [6.07, 6.45) is -9.02. The second kappa shape index (κ2) is 14.9. The van der Waals surface area contributed by atoms with Crippen LogP contribution >= 0.6 is 0 Å². The Balaban J connectivity index is 1.27. The number of esters is 5. The molecule has 0 unspecified atom stereocenters. The quantitative estimate of drug-likeness (QED) is 0.270. The smallest absolute Gasteiger partial charge is 0.313 e. The van der Waals surface area contributed by atoms with Gasteiger partial charge >= 0.3 is 29.8 Å². The van der Waals surface area contributed by atoms with Gasteiger partial charge in [0.15, 0.2) is 11.4 Å². The molecule has 16 nitrogen and oxygen atoms in total. The molecule has 0 aromatic heterocycles. The molecule has 354 valence electrons. The predicted octanol–water partition coefficient (Wildman–Crippen LogP) is 3.53. The summed E-state index contributed by atoms with van der Waals surface area (Å²) in [6.45, 7) is 15.7. The Hall–Kier alpha value is -3.76. The summed E-state index contributed by atoms with van der Waals surface area (Å²) >= 11 is 0. The van der Waals surface area contributed by atoms with Crippen LogP contribution in [-0.2, 0) is 62.0 Å². The van der Waals surface area contributed by atoms with E-state index >= 15 is 9.59 Å². The summed E-state index contributed by atoms with van der Waals surface area (Å²) in [7, 11) is 0. The number of hydrogen-bond donors (Lipinski definition) is 3. The van der Waals surface area contributed by atoms with Crippen LogP contribution in [0.4, 0.5) is 0 Å². The van der Waals surface area contributed by atoms with E-state index in [1.807, 2.05) is 13.8 Å². The van der Waals surface area contributed by atoms with Gasteiger partial charge in [-0.3, -0.25) is 38.4 Å². The van der Waals surface area contributed by atoms with Gasteiger partial charge in [0.2, 0.25) is 0 Å². The highest BCUT2D eigenvalue weighted by Crippen LogP contribution is 2.74. The molecule has 8 rings (SSSR count). The molecule has 3 spiro atoms. The van der Waals surface area contributed by atoms with E-state index in [2.05, 4.69) is 0 Å². The Morgan fingerprint density at radius 3 is 1.67 bits per heavy atom. The van der Waals surface area contributed by atoms with Crippen molar-refractivity contribution in [1.29, 1.82) is 0 Å². The Morgan fingerprint density at radius 1 is 0.594 bits per heavy atom. The van der Waals surface area contributed by atoms with Crippen molar-refractivity contribution in [3.63, 3.8) is 0 Å². The van der Waals surface area contributed by atoms with E-state index in [4.69, 9.17) is 23.7 Å². The van der Waals surface area contributed by atoms with Crippen molar-refractivity contribution in [3.8, 4) is 0 Å². The zero-order valence-corrected chi connectivity index (χ0v) is 38.7. The van der Waals surface area contributed by atoms with Crippen molar-refractivity contribution in [1.82, 2.24) is 0 Å². The van der Waals surface area contributed by atoms with Crippen molar-refractivity contribution in [3.05, 3.63) is 0 Å². The van der Waals surface area contributed by atoms with Gasteiger partial charge in [-0.1, -0.05) is 41.5 Å². The minimum absolute atomic E-state index is 0.000977. The van der Waals surface area contributed by atoms with Gasteiger partial charge in [-0.25, -0.2) is 0 Å². The maximum absolute atomic E-state index is 16.1. The highest BCUT2D eigenvalue weighted by molar-refractivity contribution is 6.03. The number of fused-ring (bicyclic) bond motifs is 7. The van der Waals surface area contributed by atoms with Gasteiger partial charge in [0.05, 0.1) is 23.7 Å². The van der Waals surface area contributed by atoms with Crippen LogP contribution < -0.4 is 0 Å². The number of rotatable bonds is 4. The summed E-state index contributed by atoms with van der Waals surface area (Å²) < 4.78 is 30.4. The first kappa shape index (κ1) is 46.8. The maximum atomic E-state index is 16.1. The molecule has 4 bridgehead atoms. The molecule has 64 heavy (non-hydrogen) atoms. The summed E-state index contributed by atoms with van der Waals surface area (Å²) in [6, 6.07) is 0.